The normalized spacial score (nSPS) is 12.0. The second kappa shape index (κ2) is 7.59. The second-order valence-electron chi connectivity index (χ2n) is 4.86. The van der Waals surface area contributed by atoms with Crippen LogP contribution < -0.4 is 15.8 Å². The van der Waals surface area contributed by atoms with Gasteiger partial charge in [0.05, 0.1) is 6.20 Å². The van der Waals surface area contributed by atoms with Crippen molar-refractivity contribution in [3.05, 3.63) is 47.9 Å². The molecule has 1 atom stereocenters. The molecule has 21 heavy (non-hydrogen) atoms. The third-order valence-electron chi connectivity index (χ3n) is 3.08. The van der Waals surface area contributed by atoms with Gasteiger partial charge in [-0.15, -0.1) is 0 Å². The van der Waals surface area contributed by atoms with Crippen LogP contribution in [0.5, 0.6) is 5.75 Å². The summed E-state index contributed by atoms with van der Waals surface area (Å²) in [7, 11) is 0. The monoisotopic (exact) mass is 286 g/mol. The van der Waals surface area contributed by atoms with Gasteiger partial charge in [0.2, 0.25) is 0 Å². The lowest BCUT2D eigenvalue weighted by Crippen LogP contribution is -2.19. The number of hydrogen-bond acceptors (Lipinski definition) is 5. The van der Waals surface area contributed by atoms with Crippen molar-refractivity contribution in [2.75, 3.05) is 11.9 Å². The van der Waals surface area contributed by atoms with Crippen LogP contribution in [-0.4, -0.2) is 16.5 Å². The molecule has 1 aromatic heterocycles. The van der Waals surface area contributed by atoms with E-state index in [9.17, 15) is 0 Å². The summed E-state index contributed by atoms with van der Waals surface area (Å²) in [6.45, 7) is 4.85. The molecule has 0 spiro atoms. The highest BCUT2D eigenvalue weighted by molar-refractivity contribution is 5.48. The fourth-order valence-electron chi connectivity index (χ4n) is 1.90. The van der Waals surface area contributed by atoms with E-state index in [-0.39, 0.29) is 0 Å². The molecular weight excluding hydrogens is 264 g/mol. The van der Waals surface area contributed by atoms with Gasteiger partial charge in [0, 0.05) is 12.1 Å². The number of unbranched alkanes of at least 4 members (excludes halogenated alkanes) is 1. The maximum absolute atomic E-state index is 6.08. The zero-order chi connectivity index (χ0) is 15.1. The molecule has 1 heterocycles. The topological polar surface area (TPSA) is 73.1 Å². The van der Waals surface area contributed by atoms with Crippen molar-refractivity contribution in [1.82, 2.24) is 9.97 Å². The van der Waals surface area contributed by atoms with Crippen molar-refractivity contribution in [3.63, 3.8) is 0 Å². The predicted octanol–water partition coefficient (Wildman–Crippen LogP) is 3.03. The number of aryl methyl sites for hydroxylation is 1. The first-order valence-corrected chi connectivity index (χ1v) is 7.25. The smallest absolute Gasteiger partial charge is 0.182 e. The Balaban J connectivity index is 2.11. The lowest BCUT2D eigenvalue weighted by atomic mass is 10.2. The number of ether oxygens (including phenoxy) is 1. The Morgan fingerprint density at radius 2 is 2.05 bits per heavy atom. The van der Waals surface area contributed by atoms with Crippen LogP contribution in [0, 0.1) is 6.92 Å². The fraction of sp³-hybridized carbons (Fsp3) is 0.375. The number of hydrogen-bond donors (Lipinski definition) is 2. The fourth-order valence-corrected chi connectivity index (χ4v) is 1.90. The van der Waals surface area contributed by atoms with Crippen LogP contribution in [0.3, 0.4) is 0 Å². The van der Waals surface area contributed by atoms with E-state index in [0.29, 0.717) is 17.4 Å². The van der Waals surface area contributed by atoms with Gasteiger partial charge in [-0.1, -0.05) is 43.7 Å². The molecule has 0 saturated heterocycles. The van der Waals surface area contributed by atoms with Crippen LogP contribution in [0.25, 0.3) is 0 Å². The summed E-state index contributed by atoms with van der Waals surface area (Å²) < 4.78 is 5.81. The Morgan fingerprint density at radius 1 is 1.29 bits per heavy atom. The summed E-state index contributed by atoms with van der Waals surface area (Å²) >= 11 is 0. The number of nitrogens with two attached hydrogens (primary N) is 1. The summed E-state index contributed by atoms with van der Waals surface area (Å²) in [5.74, 6) is 1.98. The van der Waals surface area contributed by atoms with Crippen molar-refractivity contribution in [2.45, 2.75) is 32.9 Å². The van der Waals surface area contributed by atoms with Gasteiger partial charge in [0.1, 0.15) is 5.82 Å². The van der Waals surface area contributed by atoms with Crippen LogP contribution in [0.2, 0.25) is 0 Å². The first-order chi connectivity index (χ1) is 10.2. The molecule has 0 bridgehead atoms. The third kappa shape index (κ3) is 4.43. The molecule has 3 N–H and O–H groups in total. The Hall–Kier alpha value is -2.14. The van der Waals surface area contributed by atoms with Gasteiger partial charge in [-0.3, -0.25) is 5.73 Å². The summed E-state index contributed by atoms with van der Waals surface area (Å²) in [5.41, 5.74) is 7.00. The SMILES string of the molecule is CCCCNc1nc(C)ncc1O[C@@H](N)c1ccccc1. The van der Waals surface area contributed by atoms with Gasteiger partial charge in [0.15, 0.2) is 17.8 Å². The van der Waals surface area contributed by atoms with Crippen LogP contribution in [0.15, 0.2) is 36.5 Å². The quantitative estimate of drug-likeness (QED) is 0.604. The summed E-state index contributed by atoms with van der Waals surface area (Å²) in [5, 5.41) is 3.28. The first-order valence-electron chi connectivity index (χ1n) is 7.25. The van der Waals surface area contributed by atoms with E-state index >= 15 is 0 Å². The van der Waals surface area contributed by atoms with Gasteiger partial charge in [-0.05, 0) is 13.3 Å². The lowest BCUT2D eigenvalue weighted by Gasteiger charge is -2.17. The van der Waals surface area contributed by atoms with Crippen molar-refractivity contribution in [2.24, 2.45) is 5.73 Å². The molecule has 0 amide bonds. The molecule has 0 radical (unpaired) electrons. The molecule has 5 heteroatoms. The average molecular weight is 286 g/mol. The highest BCUT2D eigenvalue weighted by Crippen LogP contribution is 2.25. The van der Waals surface area contributed by atoms with E-state index in [0.717, 1.165) is 24.9 Å². The summed E-state index contributed by atoms with van der Waals surface area (Å²) in [4.78, 5) is 8.57. The molecule has 0 aliphatic carbocycles. The molecule has 0 fully saturated rings. The van der Waals surface area contributed by atoms with Crippen LogP contribution in [0.1, 0.15) is 37.4 Å². The van der Waals surface area contributed by atoms with E-state index in [1.807, 2.05) is 37.3 Å². The zero-order valence-corrected chi connectivity index (χ0v) is 12.5. The molecule has 2 aromatic rings. The van der Waals surface area contributed by atoms with E-state index in [1.165, 1.54) is 0 Å². The number of benzene rings is 1. The molecule has 0 saturated carbocycles. The Bertz CT molecular complexity index is 559. The largest absolute Gasteiger partial charge is 0.466 e. The van der Waals surface area contributed by atoms with Gasteiger partial charge in [0.25, 0.3) is 0 Å². The highest BCUT2D eigenvalue weighted by atomic mass is 16.5. The average Bonchev–Trinajstić information content (AvgIpc) is 2.51. The van der Waals surface area contributed by atoms with Crippen LogP contribution >= 0.6 is 0 Å². The maximum atomic E-state index is 6.08. The number of nitrogens with zero attached hydrogens (tertiary/aromatic N) is 2. The summed E-state index contributed by atoms with van der Waals surface area (Å²) in [6.07, 6.45) is 3.33. The molecule has 0 aliphatic heterocycles. The minimum Gasteiger partial charge on any atom is -0.466 e. The number of rotatable bonds is 7. The molecule has 0 aliphatic rings. The van der Waals surface area contributed by atoms with Crippen LogP contribution in [0.4, 0.5) is 5.82 Å². The van der Waals surface area contributed by atoms with Crippen molar-refractivity contribution in [1.29, 1.82) is 0 Å². The Labute approximate surface area is 125 Å². The first kappa shape index (κ1) is 15.3. The van der Waals surface area contributed by atoms with Crippen LogP contribution in [-0.2, 0) is 0 Å². The maximum Gasteiger partial charge on any atom is 0.182 e. The lowest BCUT2D eigenvalue weighted by molar-refractivity contribution is 0.213. The molecule has 0 unspecified atom stereocenters. The van der Waals surface area contributed by atoms with Gasteiger partial charge in [-0.25, -0.2) is 9.97 Å². The van der Waals surface area contributed by atoms with Crippen molar-refractivity contribution in [3.8, 4) is 5.75 Å². The number of nitrogens with one attached hydrogen (secondary N) is 1. The second-order valence-corrected chi connectivity index (χ2v) is 4.86. The molecule has 1 aromatic carbocycles. The highest BCUT2D eigenvalue weighted by Gasteiger charge is 2.12. The van der Waals surface area contributed by atoms with E-state index < -0.39 is 6.23 Å². The van der Waals surface area contributed by atoms with Gasteiger partial charge < -0.3 is 10.1 Å². The minimum atomic E-state index is -0.538. The van der Waals surface area contributed by atoms with Gasteiger partial charge in [-0.2, -0.15) is 0 Å². The van der Waals surface area contributed by atoms with Gasteiger partial charge >= 0.3 is 0 Å². The van der Waals surface area contributed by atoms with E-state index in [2.05, 4.69) is 22.2 Å². The number of aromatic nitrogens is 2. The molecule has 112 valence electrons. The predicted molar refractivity (Wildman–Crippen MR) is 84.2 cm³/mol. The van der Waals surface area contributed by atoms with E-state index in [1.54, 1.807) is 6.20 Å². The third-order valence-corrected chi connectivity index (χ3v) is 3.08. The molecular formula is C16H22N4O. The van der Waals surface area contributed by atoms with E-state index in [4.69, 9.17) is 10.5 Å². The summed E-state index contributed by atoms with van der Waals surface area (Å²) in [6, 6.07) is 9.69. The Kier molecular flexibility index (Phi) is 5.51. The number of anilines is 1. The Morgan fingerprint density at radius 3 is 2.76 bits per heavy atom. The minimum absolute atomic E-state index is 0.538. The zero-order valence-electron chi connectivity index (χ0n) is 12.5. The van der Waals surface area contributed by atoms with Crippen molar-refractivity contribution < 1.29 is 4.74 Å². The molecule has 2 rings (SSSR count). The standard InChI is InChI=1S/C16H22N4O/c1-3-4-10-18-16-14(11-19-12(2)20-16)21-15(17)13-8-6-5-7-9-13/h5-9,11,15H,3-4,10,17H2,1-2H3,(H,18,19,20)/t15-/m1/s1. The molecule has 5 nitrogen and oxygen atoms in total. The van der Waals surface area contributed by atoms with Crippen molar-refractivity contribution >= 4 is 5.82 Å².